The molecule has 0 radical (unpaired) electrons. The van der Waals surface area contributed by atoms with Crippen LogP contribution in [0.2, 0.25) is 0 Å². The summed E-state index contributed by atoms with van der Waals surface area (Å²) in [6.45, 7) is -0.107. The van der Waals surface area contributed by atoms with Crippen molar-refractivity contribution in [2.75, 3.05) is 20.3 Å². The maximum atomic E-state index is 9.54. The Labute approximate surface area is 119 Å². The third-order valence-electron chi connectivity index (χ3n) is 3.57. The number of rotatable bonds is 6. The van der Waals surface area contributed by atoms with Gasteiger partial charge in [0, 0.05) is 25.0 Å². The van der Waals surface area contributed by atoms with E-state index >= 15 is 0 Å². The van der Waals surface area contributed by atoms with E-state index in [1.54, 1.807) is 7.11 Å². The Morgan fingerprint density at radius 2 is 1.40 bits per heavy atom. The molecule has 0 bridgehead atoms. The lowest BCUT2D eigenvalue weighted by molar-refractivity contribution is 0.139. The van der Waals surface area contributed by atoms with Crippen LogP contribution in [0.3, 0.4) is 0 Å². The van der Waals surface area contributed by atoms with E-state index in [0.717, 1.165) is 16.9 Å². The molecule has 0 heterocycles. The molecule has 0 spiro atoms. The fraction of sp³-hybridized carbons (Fsp3) is 0.294. The largest absolute Gasteiger partial charge is 0.497 e. The molecule has 2 N–H and O–H groups in total. The number of methoxy groups -OCH3 is 1. The van der Waals surface area contributed by atoms with E-state index in [1.807, 2.05) is 54.6 Å². The van der Waals surface area contributed by atoms with Crippen LogP contribution < -0.4 is 4.74 Å². The van der Waals surface area contributed by atoms with E-state index in [1.165, 1.54) is 0 Å². The minimum absolute atomic E-state index is 0.0305. The molecule has 0 fully saturated rings. The smallest absolute Gasteiger partial charge is 0.118 e. The molecular formula is C17H20O3. The fourth-order valence-electron chi connectivity index (χ4n) is 2.48. The SMILES string of the molecule is COc1ccc([C@H](c2ccccc2)C(CO)CO)cc1. The summed E-state index contributed by atoms with van der Waals surface area (Å²) in [6, 6.07) is 17.7. The van der Waals surface area contributed by atoms with Crippen LogP contribution in [0, 0.1) is 5.92 Å². The molecule has 0 aliphatic rings. The molecule has 0 unspecified atom stereocenters. The van der Waals surface area contributed by atoms with E-state index in [0.29, 0.717) is 0 Å². The zero-order valence-electron chi connectivity index (χ0n) is 11.6. The molecule has 1 atom stereocenters. The van der Waals surface area contributed by atoms with Crippen molar-refractivity contribution < 1.29 is 14.9 Å². The quantitative estimate of drug-likeness (QED) is 0.849. The average molecular weight is 272 g/mol. The first-order valence-corrected chi connectivity index (χ1v) is 6.70. The van der Waals surface area contributed by atoms with Gasteiger partial charge in [-0.05, 0) is 23.3 Å². The first-order chi connectivity index (χ1) is 9.80. The van der Waals surface area contributed by atoms with Gasteiger partial charge in [-0.3, -0.25) is 0 Å². The van der Waals surface area contributed by atoms with E-state index in [2.05, 4.69) is 0 Å². The Bertz CT molecular complexity index is 504. The number of hydrogen-bond acceptors (Lipinski definition) is 3. The Kier molecular flexibility index (Phi) is 5.16. The van der Waals surface area contributed by atoms with Gasteiger partial charge >= 0.3 is 0 Å². The normalized spacial score (nSPS) is 12.4. The maximum absolute atomic E-state index is 9.54. The topological polar surface area (TPSA) is 49.7 Å². The minimum Gasteiger partial charge on any atom is -0.497 e. The summed E-state index contributed by atoms with van der Waals surface area (Å²) in [4.78, 5) is 0. The van der Waals surface area contributed by atoms with Crippen LogP contribution >= 0.6 is 0 Å². The van der Waals surface area contributed by atoms with Crippen molar-refractivity contribution in [2.45, 2.75) is 5.92 Å². The third kappa shape index (κ3) is 3.18. The Morgan fingerprint density at radius 1 is 0.850 bits per heavy atom. The van der Waals surface area contributed by atoms with Gasteiger partial charge in [-0.15, -0.1) is 0 Å². The molecule has 2 aromatic carbocycles. The van der Waals surface area contributed by atoms with Gasteiger partial charge in [0.15, 0.2) is 0 Å². The van der Waals surface area contributed by atoms with Gasteiger partial charge in [-0.2, -0.15) is 0 Å². The number of aliphatic hydroxyl groups excluding tert-OH is 2. The first kappa shape index (κ1) is 14.6. The van der Waals surface area contributed by atoms with Crippen molar-refractivity contribution in [1.82, 2.24) is 0 Å². The summed E-state index contributed by atoms with van der Waals surface area (Å²) >= 11 is 0. The van der Waals surface area contributed by atoms with E-state index in [4.69, 9.17) is 4.74 Å². The molecule has 0 aliphatic heterocycles. The molecule has 2 aromatic rings. The highest BCUT2D eigenvalue weighted by Crippen LogP contribution is 2.32. The average Bonchev–Trinajstić information content (AvgIpc) is 2.53. The zero-order chi connectivity index (χ0) is 14.4. The van der Waals surface area contributed by atoms with Crippen molar-refractivity contribution in [3.63, 3.8) is 0 Å². The number of aliphatic hydroxyl groups is 2. The Morgan fingerprint density at radius 3 is 1.90 bits per heavy atom. The van der Waals surface area contributed by atoms with Gasteiger partial charge in [0.1, 0.15) is 5.75 Å². The van der Waals surface area contributed by atoms with Gasteiger partial charge in [0.05, 0.1) is 7.11 Å². The highest BCUT2D eigenvalue weighted by atomic mass is 16.5. The lowest BCUT2D eigenvalue weighted by atomic mass is 9.81. The highest BCUT2D eigenvalue weighted by molar-refractivity contribution is 5.36. The Hall–Kier alpha value is -1.84. The monoisotopic (exact) mass is 272 g/mol. The summed E-state index contributed by atoms with van der Waals surface area (Å²) < 4.78 is 5.17. The van der Waals surface area contributed by atoms with E-state index in [9.17, 15) is 10.2 Å². The van der Waals surface area contributed by atoms with Crippen LogP contribution in [0.15, 0.2) is 54.6 Å². The van der Waals surface area contributed by atoms with Gasteiger partial charge in [0.2, 0.25) is 0 Å². The molecule has 20 heavy (non-hydrogen) atoms. The van der Waals surface area contributed by atoms with Crippen LogP contribution in [0.25, 0.3) is 0 Å². The molecule has 0 aliphatic carbocycles. The molecule has 3 heteroatoms. The summed E-state index contributed by atoms with van der Waals surface area (Å²) in [6.07, 6.45) is 0. The van der Waals surface area contributed by atoms with E-state index in [-0.39, 0.29) is 25.0 Å². The molecular weight excluding hydrogens is 252 g/mol. The van der Waals surface area contributed by atoms with Crippen molar-refractivity contribution in [3.05, 3.63) is 65.7 Å². The van der Waals surface area contributed by atoms with E-state index < -0.39 is 0 Å². The molecule has 0 amide bonds. The van der Waals surface area contributed by atoms with Crippen LogP contribution in [0.4, 0.5) is 0 Å². The zero-order valence-corrected chi connectivity index (χ0v) is 11.6. The van der Waals surface area contributed by atoms with Gasteiger partial charge < -0.3 is 14.9 Å². The summed E-state index contributed by atoms with van der Waals surface area (Å²) in [7, 11) is 1.63. The predicted molar refractivity (Wildman–Crippen MR) is 78.9 cm³/mol. The van der Waals surface area contributed by atoms with Gasteiger partial charge in [-0.25, -0.2) is 0 Å². The highest BCUT2D eigenvalue weighted by Gasteiger charge is 2.23. The van der Waals surface area contributed by atoms with Crippen LogP contribution in [0.1, 0.15) is 17.0 Å². The Balaban J connectivity index is 2.40. The lowest BCUT2D eigenvalue weighted by Crippen LogP contribution is -2.21. The second-order valence-corrected chi connectivity index (χ2v) is 4.79. The van der Waals surface area contributed by atoms with Gasteiger partial charge in [-0.1, -0.05) is 42.5 Å². The maximum Gasteiger partial charge on any atom is 0.118 e. The van der Waals surface area contributed by atoms with Crippen molar-refractivity contribution >= 4 is 0 Å². The molecule has 2 rings (SSSR count). The van der Waals surface area contributed by atoms with Crippen molar-refractivity contribution in [3.8, 4) is 5.75 Å². The molecule has 106 valence electrons. The number of benzene rings is 2. The van der Waals surface area contributed by atoms with Crippen LogP contribution in [-0.2, 0) is 0 Å². The standard InChI is InChI=1S/C17H20O3/c1-20-16-9-7-14(8-10-16)17(15(11-18)12-19)13-5-3-2-4-6-13/h2-10,15,17-19H,11-12H2,1H3/t17-/m0/s1. The number of hydrogen-bond donors (Lipinski definition) is 2. The second kappa shape index (κ2) is 7.08. The molecule has 0 aromatic heterocycles. The summed E-state index contributed by atoms with van der Waals surface area (Å²) in [5, 5.41) is 19.1. The van der Waals surface area contributed by atoms with Crippen LogP contribution in [0.5, 0.6) is 5.75 Å². The predicted octanol–water partition coefficient (Wildman–Crippen LogP) is 2.43. The summed E-state index contributed by atoms with van der Waals surface area (Å²) in [5.74, 6) is 0.549. The summed E-state index contributed by atoms with van der Waals surface area (Å²) in [5.41, 5.74) is 2.15. The first-order valence-electron chi connectivity index (χ1n) is 6.70. The molecule has 3 nitrogen and oxygen atoms in total. The van der Waals surface area contributed by atoms with Crippen LogP contribution in [-0.4, -0.2) is 30.5 Å². The van der Waals surface area contributed by atoms with Crippen molar-refractivity contribution in [1.29, 1.82) is 0 Å². The van der Waals surface area contributed by atoms with Gasteiger partial charge in [0.25, 0.3) is 0 Å². The second-order valence-electron chi connectivity index (χ2n) is 4.79. The minimum atomic E-state index is -0.217. The number of ether oxygens (including phenoxy) is 1. The van der Waals surface area contributed by atoms with Crippen molar-refractivity contribution in [2.24, 2.45) is 5.92 Å². The third-order valence-corrected chi connectivity index (χ3v) is 3.57. The molecule has 0 saturated heterocycles. The lowest BCUT2D eigenvalue weighted by Gasteiger charge is -2.25. The molecule has 0 saturated carbocycles. The fourth-order valence-corrected chi connectivity index (χ4v) is 2.48.